The SMILES string of the molecule is CC(C)[C@H](N)c1nc2c(s1)CCC2. The number of thiazole rings is 1. The molecule has 0 amide bonds. The monoisotopic (exact) mass is 196 g/mol. The summed E-state index contributed by atoms with van der Waals surface area (Å²) in [4.78, 5) is 6.08. The quantitative estimate of drug-likeness (QED) is 0.788. The Morgan fingerprint density at radius 2 is 2.15 bits per heavy atom. The van der Waals surface area contributed by atoms with Crippen LogP contribution < -0.4 is 5.73 Å². The molecule has 0 saturated heterocycles. The third kappa shape index (κ3) is 1.63. The van der Waals surface area contributed by atoms with Crippen molar-refractivity contribution in [2.75, 3.05) is 0 Å². The molecule has 1 heterocycles. The lowest BCUT2D eigenvalue weighted by atomic mass is 10.1. The highest BCUT2D eigenvalue weighted by molar-refractivity contribution is 7.11. The number of hydrogen-bond donors (Lipinski definition) is 1. The molecule has 1 aliphatic rings. The van der Waals surface area contributed by atoms with E-state index in [4.69, 9.17) is 5.73 Å². The molecule has 0 radical (unpaired) electrons. The Hall–Kier alpha value is -0.410. The highest BCUT2D eigenvalue weighted by atomic mass is 32.1. The molecule has 1 atom stereocenters. The minimum Gasteiger partial charge on any atom is -0.322 e. The normalized spacial score (nSPS) is 17.8. The number of aryl methyl sites for hydroxylation is 2. The van der Waals surface area contributed by atoms with Crippen molar-refractivity contribution >= 4 is 11.3 Å². The summed E-state index contributed by atoms with van der Waals surface area (Å²) in [5.74, 6) is 0.492. The molecule has 72 valence electrons. The van der Waals surface area contributed by atoms with Crippen molar-refractivity contribution in [3.05, 3.63) is 15.6 Å². The molecule has 2 N–H and O–H groups in total. The predicted molar refractivity (Wildman–Crippen MR) is 55.9 cm³/mol. The van der Waals surface area contributed by atoms with Crippen LogP contribution in [0.3, 0.4) is 0 Å². The summed E-state index contributed by atoms with van der Waals surface area (Å²) in [5, 5.41) is 1.14. The Bertz CT molecular complexity index is 282. The second-order valence-corrected chi connectivity index (χ2v) is 5.16. The van der Waals surface area contributed by atoms with Crippen LogP contribution in [0, 0.1) is 5.92 Å². The minimum absolute atomic E-state index is 0.135. The van der Waals surface area contributed by atoms with Crippen LogP contribution >= 0.6 is 11.3 Å². The zero-order valence-corrected chi connectivity index (χ0v) is 9.03. The van der Waals surface area contributed by atoms with Gasteiger partial charge in [-0.2, -0.15) is 0 Å². The molecule has 1 aromatic rings. The van der Waals surface area contributed by atoms with E-state index >= 15 is 0 Å². The van der Waals surface area contributed by atoms with E-state index in [1.807, 2.05) is 11.3 Å². The van der Waals surface area contributed by atoms with Crippen LogP contribution in [-0.2, 0) is 12.8 Å². The van der Waals surface area contributed by atoms with Crippen molar-refractivity contribution in [3.8, 4) is 0 Å². The molecule has 0 fully saturated rings. The molecular weight excluding hydrogens is 180 g/mol. The second-order valence-electron chi connectivity index (χ2n) is 4.05. The molecule has 1 aromatic heterocycles. The van der Waals surface area contributed by atoms with Gasteiger partial charge in [-0.15, -0.1) is 11.3 Å². The van der Waals surface area contributed by atoms with Gasteiger partial charge in [0.25, 0.3) is 0 Å². The van der Waals surface area contributed by atoms with Gasteiger partial charge in [0.1, 0.15) is 5.01 Å². The molecule has 3 heteroatoms. The highest BCUT2D eigenvalue weighted by Gasteiger charge is 2.21. The van der Waals surface area contributed by atoms with Gasteiger partial charge in [-0.3, -0.25) is 0 Å². The van der Waals surface area contributed by atoms with E-state index in [1.165, 1.54) is 23.4 Å². The molecular formula is C10H16N2S. The smallest absolute Gasteiger partial charge is 0.110 e. The van der Waals surface area contributed by atoms with E-state index in [0.29, 0.717) is 5.92 Å². The first-order valence-corrected chi connectivity index (χ1v) is 5.74. The maximum atomic E-state index is 6.05. The van der Waals surface area contributed by atoms with Gasteiger partial charge >= 0.3 is 0 Å². The van der Waals surface area contributed by atoms with Crippen molar-refractivity contribution in [1.29, 1.82) is 0 Å². The van der Waals surface area contributed by atoms with Crippen LogP contribution in [0.2, 0.25) is 0 Å². The number of rotatable bonds is 2. The molecule has 0 aromatic carbocycles. The molecule has 0 unspecified atom stereocenters. The Labute approximate surface area is 83.2 Å². The average Bonchev–Trinajstić information content (AvgIpc) is 2.59. The first-order valence-electron chi connectivity index (χ1n) is 4.92. The summed E-state index contributed by atoms with van der Waals surface area (Å²) in [5.41, 5.74) is 7.36. The summed E-state index contributed by atoms with van der Waals surface area (Å²) in [6.07, 6.45) is 3.67. The van der Waals surface area contributed by atoms with Crippen LogP contribution in [0.5, 0.6) is 0 Å². The average molecular weight is 196 g/mol. The standard InChI is InChI=1S/C10H16N2S/c1-6(2)9(11)10-12-7-4-3-5-8(7)13-10/h6,9H,3-5,11H2,1-2H3/t9-/m0/s1. The Morgan fingerprint density at radius 3 is 2.77 bits per heavy atom. The van der Waals surface area contributed by atoms with Crippen molar-refractivity contribution in [2.24, 2.45) is 11.7 Å². The first-order chi connectivity index (χ1) is 6.18. The summed E-state index contributed by atoms with van der Waals surface area (Å²) in [7, 11) is 0. The summed E-state index contributed by atoms with van der Waals surface area (Å²) >= 11 is 1.82. The third-order valence-corrected chi connectivity index (χ3v) is 3.87. The second kappa shape index (κ2) is 3.39. The summed E-state index contributed by atoms with van der Waals surface area (Å²) in [6, 6.07) is 0.135. The lowest BCUT2D eigenvalue weighted by Crippen LogP contribution is -2.16. The zero-order chi connectivity index (χ0) is 9.42. The van der Waals surface area contributed by atoms with E-state index in [0.717, 1.165) is 11.4 Å². The van der Waals surface area contributed by atoms with Gasteiger partial charge in [0.15, 0.2) is 0 Å². The number of nitrogens with two attached hydrogens (primary N) is 1. The van der Waals surface area contributed by atoms with E-state index in [2.05, 4.69) is 18.8 Å². The van der Waals surface area contributed by atoms with Crippen LogP contribution in [-0.4, -0.2) is 4.98 Å². The molecule has 0 bridgehead atoms. The molecule has 1 aliphatic carbocycles. The van der Waals surface area contributed by atoms with Gasteiger partial charge in [0.05, 0.1) is 11.7 Å². The predicted octanol–water partition coefficient (Wildman–Crippen LogP) is 2.29. The molecule has 2 nitrogen and oxygen atoms in total. The fourth-order valence-corrected chi connectivity index (χ4v) is 2.97. The number of hydrogen-bond acceptors (Lipinski definition) is 3. The lowest BCUT2D eigenvalue weighted by molar-refractivity contribution is 0.511. The highest BCUT2D eigenvalue weighted by Crippen LogP contribution is 2.31. The number of nitrogens with zero attached hydrogens (tertiary/aromatic N) is 1. The molecule has 13 heavy (non-hydrogen) atoms. The number of fused-ring (bicyclic) bond motifs is 1. The van der Waals surface area contributed by atoms with Gasteiger partial charge in [0.2, 0.25) is 0 Å². The Morgan fingerprint density at radius 1 is 1.38 bits per heavy atom. The molecule has 2 rings (SSSR count). The Kier molecular flexibility index (Phi) is 2.39. The van der Waals surface area contributed by atoms with Gasteiger partial charge < -0.3 is 5.73 Å². The zero-order valence-electron chi connectivity index (χ0n) is 8.21. The van der Waals surface area contributed by atoms with Crippen molar-refractivity contribution in [1.82, 2.24) is 4.98 Å². The largest absolute Gasteiger partial charge is 0.322 e. The fourth-order valence-electron chi connectivity index (χ4n) is 1.64. The number of aromatic nitrogens is 1. The van der Waals surface area contributed by atoms with Crippen molar-refractivity contribution < 1.29 is 0 Å². The van der Waals surface area contributed by atoms with Crippen LogP contribution in [0.4, 0.5) is 0 Å². The first kappa shape index (κ1) is 9.16. The fraction of sp³-hybridized carbons (Fsp3) is 0.700. The lowest BCUT2D eigenvalue weighted by Gasteiger charge is -2.11. The topological polar surface area (TPSA) is 38.9 Å². The molecule has 0 saturated carbocycles. The van der Waals surface area contributed by atoms with Crippen LogP contribution in [0.1, 0.15) is 41.9 Å². The van der Waals surface area contributed by atoms with Crippen molar-refractivity contribution in [3.63, 3.8) is 0 Å². The van der Waals surface area contributed by atoms with Crippen LogP contribution in [0.15, 0.2) is 0 Å². The Balaban J connectivity index is 2.23. The maximum absolute atomic E-state index is 6.05. The van der Waals surface area contributed by atoms with E-state index in [1.54, 1.807) is 0 Å². The molecule has 0 spiro atoms. The summed E-state index contributed by atoms with van der Waals surface area (Å²) < 4.78 is 0. The van der Waals surface area contributed by atoms with Gasteiger partial charge in [0, 0.05) is 4.88 Å². The van der Waals surface area contributed by atoms with Gasteiger partial charge in [-0.05, 0) is 25.2 Å². The molecule has 0 aliphatic heterocycles. The van der Waals surface area contributed by atoms with Gasteiger partial charge in [-0.25, -0.2) is 4.98 Å². The van der Waals surface area contributed by atoms with E-state index in [-0.39, 0.29) is 6.04 Å². The van der Waals surface area contributed by atoms with Crippen LogP contribution in [0.25, 0.3) is 0 Å². The maximum Gasteiger partial charge on any atom is 0.110 e. The van der Waals surface area contributed by atoms with Crippen molar-refractivity contribution in [2.45, 2.75) is 39.2 Å². The van der Waals surface area contributed by atoms with Gasteiger partial charge in [-0.1, -0.05) is 13.8 Å². The van der Waals surface area contributed by atoms with E-state index < -0.39 is 0 Å². The van der Waals surface area contributed by atoms with E-state index in [9.17, 15) is 0 Å². The summed E-state index contributed by atoms with van der Waals surface area (Å²) in [6.45, 7) is 4.30. The third-order valence-electron chi connectivity index (χ3n) is 2.62. The minimum atomic E-state index is 0.135.